The Labute approximate surface area is 211 Å². The van der Waals surface area contributed by atoms with E-state index in [1.165, 1.54) is 17.5 Å². The lowest BCUT2D eigenvalue weighted by molar-refractivity contribution is -0.147. The molecule has 0 bridgehead atoms. The van der Waals surface area contributed by atoms with Crippen molar-refractivity contribution in [2.75, 3.05) is 13.1 Å². The summed E-state index contributed by atoms with van der Waals surface area (Å²) in [5.41, 5.74) is 2.42. The second-order valence-corrected chi connectivity index (χ2v) is 11.4. The molecule has 1 amide bonds. The summed E-state index contributed by atoms with van der Waals surface area (Å²) in [7, 11) is 0. The van der Waals surface area contributed by atoms with Crippen LogP contribution in [0, 0.1) is 10.8 Å². The van der Waals surface area contributed by atoms with Crippen LogP contribution in [0.25, 0.3) is 0 Å². The number of carboxylic acids is 1. The van der Waals surface area contributed by atoms with E-state index in [-0.39, 0.29) is 16.7 Å². The highest BCUT2D eigenvalue weighted by Gasteiger charge is 2.28. The van der Waals surface area contributed by atoms with E-state index in [4.69, 9.17) is 5.11 Å². The van der Waals surface area contributed by atoms with E-state index in [1.807, 2.05) is 39.5 Å². The van der Waals surface area contributed by atoms with E-state index in [1.54, 1.807) is 13.8 Å². The predicted octanol–water partition coefficient (Wildman–Crippen LogP) is 8.30. The van der Waals surface area contributed by atoms with Crippen molar-refractivity contribution < 1.29 is 14.7 Å². The van der Waals surface area contributed by atoms with Crippen LogP contribution in [0.3, 0.4) is 0 Å². The minimum absolute atomic E-state index is 0.188. The quantitative estimate of drug-likeness (QED) is 0.409. The van der Waals surface area contributed by atoms with Gasteiger partial charge in [0.25, 0.3) is 0 Å². The number of carbonyl (C=O) groups excluding carboxylic acids is 1. The van der Waals surface area contributed by atoms with Gasteiger partial charge >= 0.3 is 5.97 Å². The van der Waals surface area contributed by atoms with Gasteiger partial charge in [0, 0.05) is 18.5 Å². The van der Waals surface area contributed by atoms with Crippen molar-refractivity contribution in [2.24, 2.45) is 10.8 Å². The number of benzene rings is 1. The Balaban J connectivity index is 0. The first-order valence-corrected chi connectivity index (χ1v) is 13.1. The molecular formula is C30H55NO3. The molecule has 4 heteroatoms. The Hall–Kier alpha value is -1.84. The first-order valence-electron chi connectivity index (χ1n) is 13.1. The lowest BCUT2D eigenvalue weighted by atomic mass is 9.85. The molecule has 0 aliphatic heterocycles. The van der Waals surface area contributed by atoms with Gasteiger partial charge in [-0.15, -0.1) is 0 Å². The van der Waals surface area contributed by atoms with Crippen LogP contribution in [0.2, 0.25) is 0 Å². The van der Waals surface area contributed by atoms with Gasteiger partial charge in [-0.05, 0) is 69.4 Å². The zero-order chi connectivity index (χ0) is 27.3. The van der Waals surface area contributed by atoms with Crippen molar-refractivity contribution in [3.63, 3.8) is 0 Å². The van der Waals surface area contributed by atoms with E-state index in [0.717, 1.165) is 19.5 Å². The van der Waals surface area contributed by atoms with E-state index >= 15 is 0 Å². The van der Waals surface area contributed by atoms with Gasteiger partial charge in [0.2, 0.25) is 5.91 Å². The van der Waals surface area contributed by atoms with Gasteiger partial charge in [-0.25, -0.2) is 0 Å². The summed E-state index contributed by atoms with van der Waals surface area (Å²) >= 11 is 0. The molecule has 1 atom stereocenters. The molecule has 1 N–H and O–H groups in total. The topological polar surface area (TPSA) is 57.6 Å². The van der Waals surface area contributed by atoms with Crippen LogP contribution in [0.1, 0.15) is 126 Å². The van der Waals surface area contributed by atoms with Crippen LogP contribution in [-0.4, -0.2) is 35.0 Å². The summed E-state index contributed by atoms with van der Waals surface area (Å²) in [6.07, 6.45) is 2.81. The fourth-order valence-corrected chi connectivity index (χ4v) is 2.79. The second kappa shape index (κ2) is 15.2. The molecule has 0 heterocycles. The zero-order valence-electron chi connectivity index (χ0n) is 24.6. The highest BCUT2D eigenvalue weighted by molar-refractivity contribution is 5.81. The molecule has 0 spiro atoms. The minimum Gasteiger partial charge on any atom is -0.481 e. The average Bonchev–Trinajstić information content (AvgIpc) is 2.79. The molecule has 0 saturated heterocycles. The van der Waals surface area contributed by atoms with Gasteiger partial charge in [-0.2, -0.15) is 0 Å². The van der Waals surface area contributed by atoms with Gasteiger partial charge in [0.1, 0.15) is 0 Å². The monoisotopic (exact) mass is 477 g/mol. The smallest absolute Gasteiger partial charge is 0.309 e. The first-order chi connectivity index (χ1) is 15.4. The number of nitrogens with zero attached hydrogens (tertiary/aromatic N) is 1. The maximum absolute atomic E-state index is 11.8. The maximum Gasteiger partial charge on any atom is 0.309 e. The van der Waals surface area contributed by atoms with Gasteiger partial charge < -0.3 is 10.0 Å². The summed E-state index contributed by atoms with van der Waals surface area (Å²) < 4.78 is 0. The van der Waals surface area contributed by atoms with Crippen LogP contribution in [0.5, 0.6) is 0 Å². The Morgan fingerprint density at radius 1 is 0.794 bits per heavy atom. The number of amides is 1. The lowest BCUT2D eigenvalue weighted by Gasteiger charge is -2.29. The molecule has 1 aromatic carbocycles. The fourth-order valence-electron chi connectivity index (χ4n) is 2.79. The Bertz CT molecular complexity index is 708. The highest BCUT2D eigenvalue weighted by Crippen LogP contribution is 2.25. The first kappa shape index (κ1) is 34.3. The highest BCUT2D eigenvalue weighted by atomic mass is 16.4. The summed E-state index contributed by atoms with van der Waals surface area (Å²) in [5, 5.41) is 8.44. The molecule has 0 aliphatic rings. The molecule has 1 aromatic rings. The summed E-state index contributed by atoms with van der Waals surface area (Å²) in [6.45, 7) is 28.3. The molecule has 0 fully saturated rings. The Kier molecular flexibility index (Phi) is 15.4. The van der Waals surface area contributed by atoms with Crippen LogP contribution in [0.15, 0.2) is 24.3 Å². The standard InChI is InChI=1S/C14H22.C10H21NO.C6H12O2/c1-6-11(2)12-7-9-13(10-8-12)14(3,4)5;1-6-10(4,5)9(12)11(7-2)8-3;1-4-6(2,3)5(7)8/h7-11H,6H2,1-5H3;6-8H2,1-5H3;4H2,1-3H3,(H,7,8). The van der Waals surface area contributed by atoms with Gasteiger partial charge in [0.05, 0.1) is 5.41 Å². The summed E-state index contributed by atoms with van der Waals surface area (Å²) in [5.74, 6) is 0.235. The van der Waals surface area contributed by atoms with E-state index in [0.29, 0.717) is 12.3 Å². The Morgan fingerprint density at radius 2 is 1.21 bits per heavy atom. The largest absolute Gasteiger partial charge is 0.481 e. The zero-order valence-corrected chi connectivity index (χ0v) is 24.6. The molecule has 0 aliphatic carbocycles. The molecule has 0 radical (unpaired) electrons. The van der Waals surface area contributed by atoms with Crippen LogP contribution in [0.4, 0.5) is 0 Å². The third-order valence-corrected chi connectivity index (χ3v) is 6.93. The van der Waals surface area contributed by atoms with Crippen LogP contribution >= 0.6 is 0 Å². The van der Waals surface area contributed by atoms with E-state index in [9.17, 15) is 9.59 Å². The van der Waals surface area contributed by atoms with Crippen molar-refractivity contribution >= 4 is 11.9 Å². The van der Waals surface area contributed by atoms with Crippen molar-refractivity contribution in [1.29, 1.82) is 0 Å². The summed E-state index contributed by atoms with van der Waals surface area (Å²) in [6, 6.07) is 9.08. The normalized spacial score (nSPS) is 12.5. The molecule has 1 rings (SSSR count). The third kappa shape index (κ3) is 12.0. The SMILES string of the molecule is CCC(C)(C)C(=O)O.CCC(C)c1ccc(C(C)(C)C)cc1.CCN(CC)C(=O)C(C)(C)CC. The number of hydrogen-bond acceptors (Lipinski definition) is 2. The van der Waals surface area contributed by atoms with Gasteiger partial charge in [-0.3, -0.25) is 9.59 Å². The predicted molar refractivity (Wildman–Crippen MR) is 148 cm³/mol. The molecule has 0 saturated carbocycles. The molecule has 4 nitrogen and oxygen atoms in total. The molecule has 34 heavy (non-hydrogen) atoms. The molecule has 1 unspecified atom stereocenters. The summed E-state index contributed by atoms with van der Waals surface area (Å²) in [4.78, 5) is 23.9. The van der Waals surface area contributed by atoms with E-state index in [2.05, 4.69) is 65.8 Å². The van der Waals surface area contributed by atoms with Crippen molar-refractivity contribution in [1.82, 2.24) is 4.90 Å². The lowest BCUT2D eigenvalue weighted by Crippen LogP contribution is -2.40. The average molecular weight is 478 g/mol. The number of carboxylic acid groups (broad SMARTS) is 1. The number of carbonyl (C=O) groups is 2. The maximum atomic E-state index is 11.8. The molecule has 0 aromatic heterocycles. The van der Waals surface area contributed by atoms with Crippen LogP contribution in [-0.2, 0) is 15.0 Å². The van der Waals surface area contributed by atoms with Crippen molar-refractivity contribution in [3.8, 4) is 0 Å². The Morgan fingerprint density at radius 3 is 1.44 bits per heavy atom. The number of aliphatic carboxylic acids is 1. The number of rotatable bonds is 8. The van der Waals surface area contributed by atoms with E-state index < -0.39 is 11.4 Å². The van der Waals surface area contributed by atoms with Gasteiger partial charge in [-0.1, -0.05) is 86.6 Å². The van der Waals surface area contributed by atoms with Crippen molar-refractivity contribution in [2.45, 2.75) is 121 Å². The molecular weight excluding hydrogens is 422 g/mol. The van der Waals surface area contributed by atoms with Crippen molar-refractivity contribution in [3.05, 3.63) is 35.4 Å². The number of hydrogen-bond donors (Lipinski definition) is 1. The fraction of sp³-hybridized carbons (Fsp3) is 0.733. The van der Waals surface area contributed by atoms with Gasteiger partial charge in [0.15, 0.2) is 0 Å². The molecule has 198 valence electrons. The third-order valence-electron chi connectivity index (χ3n) is 6.93. The van der Waals surface area contributed by atoms with Crippen LogP contribution < -0.4 is 0 Å². The minimum atomic E-state index is -0.722. The second-order valence-electron chi connectivity index (χ2n) is 11.4.